The predicted molar refractivity (Wildman–Crippen MR) is 117 cm³/mol. The molecule has 3 unspecified atom stereocenters. The standard InChI is InChI=1S/C21H29F2N3O3.C2H6/c1-13-12-26(20(28)29-21(2,3)4)8-6-17(13)19(27)25-18(5-7-24)14-9-15(22)11-16(23)10-14;1-2/h7,9-11,13,17-18,24H,5-6,8,12H2,1-4H3,(H,25,27);1-2H3. The van der Waals surface area contributed by atoms with Crippen molar-refractivity contribution in [1.82, 2.24) is 10.2 Å². The minimum atomic E-state index is -0.733. The molecular weight excluding hydrogens is 404 g/mol. The maximum Gasteiger partial charge on any atom is 0.410 e. The largest absolute Gasteiger partial charge is 0.444 e. The Morgan fingerprint density at radius 3 is 2.32 bits per heavy atom. The average Bonchev–Trinajstić information content (AvgIpc) is 2.67. The molecule has 0 aromatic heterocycles. The molecule has 2 N–H and O–H groups in total. The van der Waals surface area contributed by atoms with Crippen molar-refractivity contribution in [2.75, 3.05) is 13.1 Å². The molecule has 0 aliphatic carbocycles. The Morgan fingerprint density at radius 1 is 1.26 bits per heavy atom. The second-order valence-electron chi connectivity index (χ2n) is 8.50. The third-order valence-electron chi connectivity index (χ3n) is 4.85. The van der Waals surface area contributed by atoms with Gasteiger partial charge in [-0.2, -0.15) is 0 Å². The summed E-state index contributed by atoms with van der Waals surface area (Å²) in [6.45, 7) is 12.1. The summed E-state index contributed by atoms with van der Waals surface area (Å²) in [5.74, 6) is -2.18. The van der Waals surface area contributed by atoms with Gasteiger partial charge in [-0.05, 0) is 57.0 Å². The van der Waals surface area contributed by atoms with Crippen LogP contribution in [0.25, 0.3) is 0 Å². The molecule has 2 amide bonds. The average molecular weight is 440 g/mol. The minimum Gasteiger partial charge on any atom is -0.444 e. The van der Waals surface area contributed by atoms with Gasteiger partial charge in [-0.3, -0.25) is 4.79 Å². The molecule has 0 spiro atoms. The van der Waals surface area contributed by atoms with Crippen LogP contribution in [0, 0.1) is 28.9 Å². The lowest BCUT2D eigenvalue weighted by molar-refractivity contribution is -0.129. The Balaban J connectivity index is 0.00000233. The lowest BCUT2D eigenvalue weighted by atomic mass is 9.86. The molecule has 31 heavy (non-hydrogen) atoms. The van der Waals surface area contributed by atoms with Crippen LogP contribution < -0.4 is 5.32 Å². The zero-order valence-electron chi connectivity index (χ0n) is 19.3. The number of likely N-dealkylation sites (tertiary alicyclic amines) is 1. The second kappa shape index (κ2) is 11.8. The van der Waals surface area contributed by atoms with E-state index in [1.807, 2.05) is 20.8 Å². The van der Waals surface area contributed by atoms with Crippen LogP contribution in [0.4, 0.5) is 13.6 Å². The highest BCUT2D eigenvalue weighted by Crippen LogP contribution is 2.27. The molecule has 6 nitrogen and oxygen atoms in total. The molecule has 1 heterocycles. The van der Waals surface area contributed by atoms with E-state index in [1.165, 1.54) is 0 Å². The summed E-state index contributed by atoms with van der Waals surface area (Å²) in [5.41, 5.74) is -0.312. The number of hydrogen-bond donors (Lipinski definition) is 2. The lowest BCUT2D eigenvalue weighted by Crippen LogP contribution is -2.49. The van der Waals surface area contributed by atoms with Crippen LogP contribution in [0.3, 0.4) is 0 Å². The number of rotatable bonds is 5. The number of halogens is 2. The highest BCUT2D eigenvalue weighted by Gasteiger charge is 2.35. The molecule has 2 rings (SSSR count). The lowest BCUT2D eigenvalue weighted by Gasteiger charge is -2.37. The summed E-state index contributed by atoms with van der Waals surface area (Å²) >= 11 is 0. The van der Waals surface area contributed by atoms with Gasteiger partial charge < -0.3 is 20.4 Å². The molecule has 8 heteroatoms. The van der Waals surface area contributed by atoms with Crippen molar-refractivity contribution in [3.63, 3.8) is 0 Å². The molecule has 0 bridgehead atoms. The fourth-order valence-corrected chi connectivity index (χ4v) is 3.48. The first-order chi connectivity index (χ1) is 14.5. The van der Waals surface area contributed by atoms with Gasteiger partial charge in [0.1, 0.15) is 17.2 Å². The van der Waals surface area contributed by atoms with Gasteiger partial charge in [0.25, 0.3) is 0 Å². The SMILES string of the molecule is CC.CC1CN(C(=O)OC(C)(C)C)CCC1C(=O)NC(CC=N)c1cc(F)cc(F)c1. The van der Waals surface area contributed by atoms with Crippen LogP contribution in [0.1, 0.15) is 66.0 Å². The van der Waals surface area contributed by atoms with Gasteiger partial charge in [0.05, 0.1) is 6.04 Å². The summed E-state index contributed by atoms with van der Waals surface area (Å²) in [6.07, 6.45) is 1.28. The van der Waals surface area contributed by atoms with Gasteiger partial charge >= 0.3 is 6.09 Å². The molecule has 174 valence electrons. The third kappa shape index (κ3) is 8.26. The number of ether oxygens (including phenoxy) is 1. The molecule has 1 saturated heterocycles. The van der Waals surface area contributed by atoms with Crippen LogP contribution in [-0.2, 0) is 9.53 Å². The van der Waals surface area contributed by atoms with Gasteiger partial charge in [0.15, 0.2) is 0 Å². The molecule has 0 radical (unpaired) electrons. The van der Waals surface area contributed by atoms with Gasteiger partial charge in [-0.1, -0.05) is 20.8 Å². The summed E-state index contributed by atoms with van der Waals surface area (Å²) in [6, 6.07) is 2.39. The quantitative estimate of drug-likeness (QED) is 0.628. The second-order valence-corrected chi connectivity index (χ2v) is 8.50. The minimum absolute atomic E-state index is 0.110. The number of amides is 2. The Bertz CT molecular complexity index is 745. The van der Waals surface area contributed by atoms with E-state index in [1.54, 1.807) is 25.7 Å². The highest BCUT2D eigenvalue weighted by molar-refractivity contribution is 5.80. The summed E-state index contributed by atoms with van der Waals surface area (Å²) in [7, 11) is 0. The fraction of sp³-hybridized carbons (Fsp3) is 0.609. The molecule has 1 fully saturated rings. The number of carbonyl (C=O) groups is 2. The number of nitrogens with zero attached hydrogens (tertiary/aromatic N) is 1. The molecule has 1 aliphatic heterocycles. The van der Waals surface area contributed by atoms with E-state index in [2.05, 4.69) is 5.32 Å². The molecule has 3 atom stereocenters. The molecule has 1 aromatic rings. The monoisotopic (exact) mass is 439 g/mol. The first kappa shape index (κ1) is 26.5. The van der Waals surface area contributed by atoms with Crippen LogP contribution >= 0.6 is 0 Å². The van der Waals surface area contributed by atoms with E-state index >= 15 is 0 Å². The van der Waals surface area contributed by atoms with Crippen molar-refractivity contribution in [2.45, 2.75) is 66.0 Å². The van der Waals surface area contributed by atoms with Gasteiger partial charge in [-0.15, -0.1) is 0 Å². The number of carbonyl (C=O) groups excluding carboxylic acids is 2. The van der Waals surface area contributed by atoms with E-state index < -0.39 is 29.4 Å². The Hall–Kier alpha value is -2.51. The number of piperidine rings is 1. The van der Waals surface area contributed by atoms with Gasteiger partial charge in [-0.25, -0.2) is 13.6 Å². The Labute approximate surface area is 183 Å². The van der Waals surface area contributed by atoms with Crippen LogP contribution in [0.2, 0.25) is 0 Å². The zero-order chi connectivity index (χ0) is 23.8. The van der Waals surface area contributed by atoms with E-state index in [0.29, 0.717) is 19.5 Å². The fourth-order valence-electron chi connectivity index (χ4n) is 3.48. The maximum absolute atomic E-state index is 13.6. The Kier molecular flexibility index (Phi) is 10.1. The predicted octanol–water partition coefficient (Wildman–Crippen LogP) is 5.08. The van der Waals surface area contributed by atoms with Crippen molar-refractivity contribution in [1.29, 1.82) is 5.41 Å². The van der Waals surface area contributed by atoms with E-state index in [9.17, 15) is 18.4 Å². The summed E-state index contributed by atoms with van der Waals surface area (Å²) in [5, 5.41) is 10.2. The molecule has 1 aromatic carbocycles. The van der Waals surface area contributed by atoms with E-state index in [-0.39, 0.29) is 29.7 Å². The van der Waals surface area contributed by atoms with Crippen molar-refractivity contribution >= 4 is 18.2 Å². The normalized spacial score (nSPS) is 19.5. The van der Waals surface area contributed by atoms with Crippen molar-refractivity contribution in [3.05, 3.63) is 35.4 Å². The molecule has 1 aliphatic rings. The molecular formula is C23H35F2N3O3. The number of nitrogens with one attached hydrogen (secondary N) is 2. The van der Waals surface area contributed by atoms with E-state index in [4.69, 9.17) is 10.1 Å². The van der Waals surface area contributed by atoms with Crippen LogP contribution in [0.5, 0.6) is 0 Å². The van der Waals surface area contributed by atoms with Crippen LogP contribution in [0.15, 0.2) is 18.2 Å². The zero-order valence-corrected chi connectivity index (χ0v) is 19.3. The number of benzene rings is 1. The third-order valence-corrected chi connectivity index (χ3v) is 4.85. The molecule has 0 saturated carbocycles. The van der Waals surface area contributed by atoms with Gasteiger partial charge in [0.2, 0.25) is 5.91 Å². The summed E-state index contributed by atoms with van der Waals surface area (Å²) in [4.78, 5) is 26.7. The highest BCUT2D eigenvalue weighted by atomic mass is 19.1. The first-order valence-electron chi connectivity index (χ1n) is 10.7. The Morgan fingerprint density at radius 2 is 1.84 bits per heavy atom. The van der Waals surface area contributed by atoms with Crippen molar-refractivity contribution in [2.24, 2.45) is 11.8 Å². The smallest absolute Gasteiger partial charge is 0.410 e. The van der Waals surface area contributed by atoms with Gasteiger partial charge in [0, 0.05) is 31.5 Å². The van der Waals surface area contributed by atoms with E-state index in [0.717, 1.165) is 24.4 Å². The number of hydrogen-bond acceptors (Lipinski definition) is 4. The van der Waals surface area contributed by atoms with Crippen molar-refractivity contribution < 1.29 is 23.1 Å². The van der Waals surface area contributed by atoms with Crippen molar-refractivity contribution in [3.8, 4) is 0 Å². The first-order valence-corrected chi connectivity index (χ1v) is 10.7. The summed E-state index contributed by atoms with van der Waals surface area (Å²) < 4.78 is 32.5. The topological polar surface area (TPSA) is 82.5 Å². The maximum atomic E-state index is 13.6. The van der Waals surface area contributed by atoms with Crippen LogP contribution in [-0.4, -0.2) is 41.8 Å².